The number of hydrogen-bond acceptors (Lipinski definition) is 3. The summed E-state index contributed by atoms with van der Waals surface area (Å²) in [6.45, 7) is 3.79. The molecule has 2 amide bonds. The van der Waals surface area contributed by atoms with Crippen LogP contribution in [0.25, 0.3) is 0 Å². The van der Waals surface area contributed by atoms with Crippen molar-refractivity contribution in [3.63, 3.8) is 0 Å². The molecule has 0 aromatic heterocycles. The van der Waals surface area contributed by atoms with Crippen LogP contribution >= 0.6 is 0 Å². The quantitative estimate of drug-likeness (QED) is 0.705. The fraction of sp³-hybridized carbons (Fsp3) is 0.529. The molecule has 2 rings (SSSR count). The van der Waals surface area contributed by atoms with E-state index in [0.717, 1.165) is 25.0 Å². The number of amides is 2. The number of benzene rings is 1. The van der Waals surface area contributed by atoms with Crippen LogP contribution in [0.5, 0.6) is 0 Å². The molecular weight excluding hydrogens is 316 g/mol. The zero-order chi connectivity index (χ0) is 17.9. The van der Waals surface area contributed by atoms with E-state index < -0.39 is 35.1 Å². The predicted octanol–water partition coefficient (Wildman–Crippen LogP) is 1.57. The molecule has 2 atom stereocenters. The molecule has 1 fully saturated rings. The molecule has 0 heterocycles. The first-order valence-corrected chi connectivity index (χ1v) is 8.09. The van der Waals surface area contributed by atoms with Gasteiger partial charge in [-0.2, -0.15) is 0 Å². The van der Waals surface area contributed by atoms with Gasteiger partial charge >= 0.3 is 0 Å². The first-order chi connectivity index (χ1) is 11.3. The predicted molar refractivity (Wildman–Crippen MR) is 86.2 cm³/mol. The van der Waals surface area contributed by atoms with E-state index in [1.807, 2.05) is 0 Å². The van der Waals surface area contributed by atoms with E-state index in [4.69, 9.17) is 5.73 Å². The number of halogens is 2. The van der Waals surface area contributed by atoms with Gasteiger partial charge in [-0.1, -0.05) is 19.9 Å². The summed E-state index contributed by atoms with van der Waals surface area (Å²) in [4.78, 5) is 24.5. The minimum atomic E-state index is -0.967. The highest BCUT2D eigenvalue weighted by Crippen LogP contribution is 2.31. The van der Waals surface area contributed by atoms with E-state index in [9.17, 15) is 18.4 Å². The number of nitrogens with two attached hydrogens (primary N) is 1. The highest BCUT2D eigenvalue weighted by atomic mass is 19.1. The standard InChI is InChI=1S/C17H23F2N3O2/c1-9(2)15(17(24)21-8-13(20)10-6-7-10)22-16(23)14-11(18)4-3-5-12(14)19/h3-5,9-10,13,15H,6-8,20H2,1-2H3,(H,21,24)(H,22,23)/t13?,15-/m0/s1. The van der Waals surface area contributed by atoms with Crippen LogP contribution < -0.4 is 16.4 Å². The number of nitrogens with one attached hydrogen (secondary N) is 2. The van der Waals surface area contributed by atoms with Crippen LogP contribution in [0.1, 0.15) is 37.0 Å². The van der Waals surface area contributed by atoms with E-state index in [1.165, 1.54) is 6.07 Å². The van der Waals surface area contributed by atoms with Gasteiger partial charge in [-0.05, 0) is 36.8 Å². The maximum Gasteiger partial charge on any atom is 0.257 e. The molecule has 5 nitrogen and oxygen atoms in total. The first-order valence-electron chi connectivity index (χ1n) is 8.09. The summed E-state index contributed by atoms with van der Waals surface area (Å²) < 4.78 is 27.4. The molecule has 24 heavy (non-hydrogen) atoms. The molecule has 1 aromatic carbocycles. The van der Waals surface area contributed by atoms with Crippen LogP contribution in [0.15, 0.2) is 18.2 Å². The molecule has 1 aromatic rings. The monoisotopic (exact) mass is 339 g/mol. The lowest BCUT2D eigenvalue weighted by molar-refractivity contribution is -0.124. The number of carbonyl (C=O) groups excluding carboxylic acids is 2. The van der Waals surface area contributed by atoms with Gasteiger partial charge in [-0.25, -0.2) is 8.78 Å². The van der Waals surface area contributed by atoms with Gasteiger partial charge < -0.3 is 16.4 Å². The van der Waals surface area contributed by atoms with Gasteiger partial charge in [-0.15, -0.1) is 0 Å². The lowest BCUT2D eigenvalue weighted by Gasteiger charge is -2.23. The maximum atomic E-state index is 13.7. The van der Waals surface area contributed by atoms with E-state index >= 15 is 0 Å². The SMILES string of the molecule is CC(C)[C@H](NC(=O)c1c(F)cccc1F)C(=O)NCC(N)C1CC1. The summed E-state index contributed by atoms with van der Waals surface area (Å²) in [6, 6.07) is 2.16. The second-order valence-electron chi connectivity index (χ2n) is 6.54. The largest absolute Gasteiger partial charge is 0.353 e. The van der Waals surface area contributed by atoms with Crippen molar-refractivity contribution >= 4 is 11.8 Å². The van der Waals surface area contributed by atoms with E-state index in [0.29, 0.717) is 12.5 Å². The molecule has 1 aliphatic carbocycles. The summed E-state index contributed by atoms with van der Waals surface area (Å²) in [7, 11) is 0. The zero-order valence-corrected chi connectivity index (χ0v) is 13.8. The fourth-order valence-electron chi connectivity index (χ4n) is 2.48. The number of hydrogen-bond donors (Lipinski definition) is 3. The Balaban J connectivity index is 2.01. The Kier molecular flexibility index (Phi) is 5.88. The second kappa shape index (κ2) is 7.70. The number of rotatable bonds is 7. The summed E-state index contributed by atoms with van der Waals surface area (Å²) in [5.74, 6) is -3.11. The summed E-state index contributed by atoms with van der Waals surface area (Å²) >= 11 is 0. The van der Waals surface area contributed by atoms with Gasteiger partial charge in [0.15, 0.2) is 0 Å². The molecule has 4 N–H and O–H groups in total. The Morgan fingerprint density at radius 2 is 1.83 bits per heavy atom. The second-order valence-corrected chi connectivity index (χ2v) is 6.54. The van der Waals surface area contributed by atoms with Crippen LogP contribution in [0, 0.1) is 23.5 Å². The third-order valence-electron chi connectivity index (χ3n) is 4.17. The molecular formula is C17H23F2N3O2. The summed E-state index contributed by atoms with van der Waals surface area (Å²) in [5.41, 5.74) is 5.25. The number of carbonyl (C=O) groups is 2. The Bertz CT molecular complexity index is 598. The van der Waals surface area contributed by atoms with E-state index in [2.05, 4.69) is 10.6 Å². The molecule has 1 saturated carbocycles. The van der Waals surface area contributed by atoms with Crippen LogP contribution in [-0.2, 0) is 4.79 Å². The minimum Gasteiger partial charge on any atom is -0.353 e. The van der Waals surface area contributed by atoms with Crippen molar-refractivity contribution in [1.82, 2.24) is 10.6 Å². The smallest absolute Gasteiger partial charge is 0.257 e. The first kappa shape index (κ1) is 18.3. The van der Waals surface area contributed by atoms with Crippen LogP contribution in [0.4, 0.5) is 8.78 Å². The van der Waals surface area contributed by atoms with E-state index in [-0.39, 0.29) is 12.0 Å². The molecule has 0 saturated heterocycles. The lowest BCUT2D eigenvalue weighted by atomic mass is 10.0. The van der Waals surface area contributed by atoms with Crippen molar-refractivity contribution in [3.8, 4) is 0 Å². The van der Waals surface area contributed by atoms with Crippen molar-refractivity contribution in [3.05, 3.63) is 35.4 Å². The van der Waals surface area contributed by atoms with Crippen LogP contribution in [0.3, 0.4) is 0 Å². The summed E-state index contributed by atoms with van der Waals surface area (Å²) in [5, 5.41) is 5.12. The van der Waals surface area contributed by atoms with Crippen LogP contribution in [-0.4, -0.2) is 30.4 Å². The van der Waals surface area contributed by atoms with Crippen molar-refractivity contribution in [2.24, 2.45) is 17.6 Å². The van der Waals surface area contributed by atoms with Crippen molar-refractivity contribution in [2.75, 3.05) is 6.54 Å². The fourth-order valence-corrected chi connectivity index (χ4v) is 2.48. The minimum absolute atomic E-state index is 0.110. The van der Waals surface area contributed by atoms with Crippen molar-refractivity contribution < 1.29 is 18.4 Å². The Morgan fingerprint density at radius 1 is 1.25 bits per heavy atom. The molecule has 0 aliphatic heterocycles. The Hall–Kier alpha value is -2.02. The van der Waals surface area contributed by atoms with Gasteiger partial charge in [0.2, 0.25) is 5.91 Å². The van der Waals surface area contributed by atoms with Crippen molar-refractivity contribution in [2.45, 2.75) is 38.8 Å². The van der Waals surface area contributed by atoms with Gasteiger partial charge in [0.1, 0.15) is 23.2 Å². The van der Waals surface area contributed by atoms with Gasteiger partial charge in [0.25, 0.3) is 5.91 Å². The maximum absolute atomic E-state index is 13.7. The van der Waals surface area contributed by atoms with E-state index in [1.54, 1.807) is 13.8 Å². The molecule has 132 valence electrons. The Labute approximate surface area is 140 Å². The summed E-state index contributed by atoms with van der Waals surface area (Å²) in [6.07, 6.45) is 2.13. The third-order valence-corrected chi connectivity index (χ3v) is 4.17. The van der Waals surface area contributed by atoms with Crippen LogP contribution in [0.2, 0.25) is 0 Å². The van der Waals surface area contributed by atoms with Gasteiger partial charge in [0, 0.05) is 12.6 Å². The van der Waals surface area contributed by atoms with Gasteiger partial charge in [0.05, 0.1) is 0 Å². The molecule has 0 spiro atoms. The van der Waals surface area contributed by atoms with Gasteiger partial charge in [-0.3, -0.25) is 9.59 Å². The third kappa shape index (κ3) is 4.50. The Morgan fingerprint density at radius 3 is 2.33 bits per heavy atom. The lowest BCUT2D eigenvalue weighted by Crippen LogP contribution is -2.52. The molecule has 0 bridgehead atoms. The zero-order valence-electron chi connectivity index (χ0n) is 13.8. The molecule has 7 heteroatoms. The molecule has 0 radical (unpaired) electrons. The van der Waals surface area contributed by atoms with Crippen molar-refractivity contribution in [1.29, 1.82) is 0 Å². The topological polar surface area (TPSA) is 84.2 Å². The average Bonchev–Trinajstić information content (AvgIpc) is 3.34. The molecule has 1 unspecified atom stereocenters. The highest BCUT2D eigenvalue weighted by molar-refractivity contribution is 5.98. The normalized spacial score (nSPS) is 16.6. The highest BCUT2D eigenvalue weighted by Gasteiger charge is 2.31. The average molecular weight is 339 g/mol. The molecule has 1 aliphatic rings.